The minimum Gasteiger partial charge on any atom is -0.396 e. The van der Waals surface area contributed by atoms with E-state index in [4.69, 9.17) is 5.11 Å². The second kappa shape index (κ2) is 8.37. The number of benzene rings is 2. The van der Waals surface area contributed by atoms with Crippen LogP contribution in [0.4, 0.5) is 0 Å². The zero-order chi connectivity index (χ0) is 22.1. The number of carbonyl (C=O) groups is 1. The van der Waals surface area contributed by atoms with Crippen molar-refractivity contribution in [1.29, 1.82) is 0 Å². The summed E-state index contributed by atoms with van der Waals surface area (Å²) in [6, 6.07) is 15.2. The number of rotatable bonds is 7. The Morgan fingerprint density at radius 2 is 1.77 bits per heavy atom. The van der Waals surface area contributed by atoms with Crippen LogP contribution in [0, 0.1) is 0 Å². The quantitative estimate of drug-likeness (QED) is 0.583. The molecule has 1 aliphatic rings. The van der Waals surface area contributed by atoms with Crippen LogP contribution in [0.25, 0.3) is 10.9 Å². The van der Waals surface area contributed by atoms with Gasteiger partial charge in [-0.2, -0.15) is 0 Å². The van der Waals surface area contributed by atoms with Crippen LogP contribution in [-0.2, 0) is 15.6 Å². The number of fused-ring (bicyclic) bond motifs is 1. The molecule has 0 aliphatic carbocycles. The maximum absolute atomic E-state index is 13.0. The summed E-state index contributed by atoms with van der Waals surface area (Å²) in [5.74, 6) is -0.400. The van der Waals surface area contributed by atoms with Gasteiger partial charge in [0.1, 0.15) is 0 Å². The number of aliphatic hydroxyl groups excluding tert-OH is 1. The molecule has 1 aromatic heterocycles. The summed E-state index contributed by atoms with van der Waals surface area (Å²) in [6.07, 6.45) is 2.52. The Morgan fingerprint density at radius 3 is 2.48 bits per heavy atom. The number of hydrogen-bond acceptors (Lipinski definition) is 6. The summed E-state index contributed by atoms with van der Waals surface area (Å²) < 4.78 is 26.0. The monoisotopic (exact) mass is 440 g/mol. The molecule has 1 amide bonds. The first kappa shape index (κ1) is 21.4. The highest BCUT2D eigenvalue weighted by atomic mass is 32.2. The fourth-order valence-corrected chi connectivity index (χ4v) is 5.46. The summed E-state index contributed by atoms with van der Waals surface area (Å²) in [6.45, 7) is 0.474. The Bertz CT molecular complexity index is 1200. The second-order valence-electron chi connectivity index (χ2n) is 8.00. The summed E-state index contributed by atoms with van der Waals surface area (Å²) in [7, 11) is -3.62. The van der Waals surface area contributed by atoms with Crippen molar-refractivity contribution in [3.05, 3.63) is 71.9 Å². The highest BCUT2D eigenvalue weighted by Crippen LogP contribution is 2.28. The van der Waals surface area contributed by atoms with Gasteiger partial charge in [0, 0.05) is 23.8 Å². The van der Waals surface area contributed by atoms with E-state index < -0.39 is 15.4 Å². The van der Waals surface area contributed by atoms with Crippen molar-refractivity contribution in [2.45, 2.75) is 29.1 Å². The zero-order valence-electron chi connectivity index (χ0n) is 16.9. The van der Waals surface area contributed by atoms with E-state index >= 15 is 0 Å². The van der Waals surface area contributed by atoms with Gasteiger partial charge in [0.15, 0.2) is 9.84 Å². The molecule has 2 N–H and O–H groups in total. The van der Waals surface area contributed by atoms with Crippen LogP contribution in [0.3, 0.4) is 0 Å². The molecule has 1 aliphatic heterocycles. The van der Waals surface area contributed by atoms with E-state index in [-0.39, 0.29) is 36.3 Å². The molecule has 0 bridgehead atoms. The fourth-order valence-electron chi connectivity index (χ4n) is 3.92. The molecule has 31 heavy (non-hydrogen) atoms. The molecule has 8 heteroatoms. The fraction of sp³-hybridized carbons (Fsp3) is 0.304. The van der Waals surface area contributed by atoms with Crippen molar-refractivity contribution < 1.29 is 23.4 Å². The van der Waals surface area contributed by atoms with E-state index in [1.54, 1.807) is 53.6 Å². The Hall–Kier alpha value is -2.81. The van der Waals surface area contributed by atoms with Crippen LogP contribution in [0.15, 0.2) is 65.7 Å². The van der Waals surface area contributed by atoms with Gasteiger partial charge in [-0.3, -0.25) is 9.78 Å². The molecule has 7 nitrogen and oxygen atoms in total. The van der Waals surface area contributed by atoms with Gasteiger partial charge < -0.3 is 15.1 Å². The lowest BCUT2D eigenvalue weighted by atomic mass is 9.88. The smallest absolute Gasteiger partial charge is 0.254 e. The molecule has 0 atom stereocenters. The summed E-state index contributed by atoms with van der Waals surface area (Å²) in [5.41, 5.74) is 0.534. The van der Waals surface area contributed by atoms with Gasteiger partial charge in [-0.25, -0.2) is 8.42 Å². The molecule has 162 valence electrons. The minimum atomic E-state index is -3.62. The molecular weight excluding hydrogens is 416 g/mol. The van der Waals surface area contributed by atoms with Gasteiger partial charge in [0.05, 0.1) is 34.9 Å². The number of aliphatic hydroxyl groups is 2. The van der Waals surface area contributed by atoms with Crippen molar-refractivity contribution in [3.63, 3.8) is 0 Å². The number of nitrogens with zero attached hydrogens (tertiary/aromatic N) is 2. The molecule has 1 saturated heterocycles. The van der Waals surface area contributed by atoms with Crippen LogP contribution in [0.1, 0.15) is 28.8 Å². The molecule has 3 aromatic rings. The Morgan fingerprint density at radius 1 is 1.06 bits per heavy atom. The Kier molecular flexibility index (Phi) is 5.79. The summed E-state index contributed by atoms with van der Waals surface area (Å²) in [5, 5.41) is 19.9. The molecule has 1 fully saturated rings. The number of para-hydroxylation sites is 1. The number of pyridine rings is 1. The number of carbonyl (C=O) groups excluding carboxylic acids is 1. The number of hydrogen-bond donors (Lipinski definition) is 2. The summed E-state index contributed by atoms with van der Waals surface area (Å²) >= 11 is 0. The molecule has 0 radical (unpaired) electrons. The first-order chi connectivity index (χ1) is 14.8. The van der Waals surface area contributed by atoms with E-state index in [1.165, 1.54) is 0 Å². The van der Waals surface area contributed by atoms with Gasteiger partial charge in [-0.1, -0.05) is 30.3 Å². The van der Waals surface area contributed by atoms with Crippen molar-refractivity contribution >= 4 is 26.6 Å². The average molecular weight is 441 g/mol. The van der Waals surface area contributed by atoms with Gasteiger partial charge in [0.2, 0.25) is 0 Å². The standard InChI is InChI=1S/C23H24N2O5S/c26-13-3-11-23(28)15-25(16-23)22(27)19-9-7-17(8-10-19)14-31(29,30)20-6-1-4-18-5-2-12-24-21(18)20/h1-2,4-10,12,26,28H,3,11,13-16H2. The van der Waals surface area contributed by atoms with Crippen molar-refractivity contribution in [2.24, 2.45) is 0 Å². The number of β-amino-alcohol motifs (C(OH)–C–C–N with tert-alkyl or cyclic N) is 1. The average Bonchev–Trinajstić information content (AvgIpc) is 2.75. The number of amides is 1. The first-order valence-corrected chi connectivity index (χ1v) is 11.7. The Labute approximate surface area is 180 Å². The SMILES string of the molecule is O=C(c1ccc(CS(=O)(=O)c2cccc3cccnc23)cc1)N1CC(O)(CCCO)C1. The third-order valence-corrected chi connectivity index (χ3v) is 7.26. The van der Waals surface area contributed by atoms with E-state index in [1.807, 2.05) is 12.1 Å². The van der Waals surface area contributed by atoms with Gasteiger partial charge in [0.25, 0.3) is 5.91 Å². The third-order valence-electron chi connectivity index (χ3n) is 5.55. The largest absolute Gasteiger partial charge is 0.396 e. The Balaban J connectivity index is 1.46. The van der Waals surface area contributed by atoms with Crippen LogP contribution >= 0.6 is 0 Å². The number of aromatic nitrogens is 1. The van der Waals surface area contributed by atoms with Crippen LogP contribution in [0.5, 0.6) is 0 Å². The van der Waals surface area contributed by atoms with Crippen LogP contribution in [0.2, 0.25) is 0 Å². The van der Waals surface area contributed by atoms with Crippen LogP contribution in [-0.4, -0.2) is 59.7 Å². The topological polar surface area (TPSA) is 108 Å². The predicted molar refractivity (Wildman–Crippen MR) is 116 cm³/mol. The highest BCUT2D eigenvalue weighted by molar-refractivity contribution is 7.90. The van der Waals surface area contributed by atoms with Gasteiger partial charge in [-0.15, -0.1) is 0 Å². The normalized spacial score (nSPS) is 15.6. The lowest BCUT2D eigenvalue weighted by molar-refractivity contribution is -0.0882. The minimum absolute atomic E-state index is 0.00939. The predicted octanol–water partition coefficient (Wildman–Crippen LogP) is 2.17. The second-order valence-corrected chi connectivity index (χ2v) is 9.96. The van der Waals surface area contributed by atoms with Gasteiger partial charge in [-0.05, 0) is 42.7 Å². The number of likely N-dealkylation sites (tertiary alicyclic amines) is 1. The molecule has 2 heterocycles. The number of sulfone groups is 1. The highest BCUT2D eigenvalue weighted by Gasteiger charge is 2.43. The van der Waals surface area contributed by atoms with E-state index in [2.05, 4.69) is 4.98 Å². The molecule has 0 saturated carbocycles. The molecule has 0 spiro atoms. The maximum atomic E-state index is 13.0. The van der Waals surface area contributed by atoms with E-state index in [9.17, 15) is 18.3 Å². The lowest BCUT2D eigenvalue weighted by Gasteiger charge is -2.46. The zero-order valence-corrected chi connectivity index (χ0v) is 17.8. The maximum Gasteiger partial charge on any atom is 0.254 e. The molecule has 2 aromatic carbocycles. The van der Waals surface area contributed by atoms with Crippen molar-refractivity contribution in [2.75, 3.05) is 19.7 Å². The first-order valence-electron chi connectivity index (χ1n) is 10.1. The molecular formula is C23H24N2O5S. The van der Waals surface area contributed by atoms with Crippen molar-refractivity contribution in [3.8, 4) is 0 Å². The van der Waals surface area contributed by atoms with E-state index in [0.29, 0.717) is 29.5 Å². The van der Waals surface area contributed by atoms with Crippen molar-refractivity contribution in [1.82, 2.24) is 9.88 Å². The molecule has 0 unspecified atom stereocenters. The lowest BCUT2D eigenvalue weighted by Crippen LogP contribution is -2.63. The summed E-state index contributed by atoms with van der Waals surface area (Å²) in [4.78, 5) is 18.6. The molecule has 4 rings (SSSR count). The van der Waals surface area contributed by atoms with Gasteiger partial charge >= 0.3 is 0 Å². The third kappa shape index (κ3) is 4.46. The van der Waals surface area contributed by atoms with E-state index in [0.717, 1.165) is 5.39 Å². The van der Waals surface area contributed by atoms with Crippen LogP contribution < -0.4 is 0 Å².